The van der Waals surface area contributed by atoms with E-state index in [1.54, 1.807) is 0 Å². The van der Waals surface area contributed by atoms with Gasteiger partial charge in [0.1, 0.15) is 0 Å². The predicted octanol–water partition coefficient (Wildman–Crippen LogP) is 14.8. The van der Waals surface area contributed by atoms with Gasteiger partial charge < -0.3 is 0 Å². The van der Waals surface area contributed by atoms with E-state index in [4.69, 9.17) is 0 Å². The minimum absolute atomic E-state index is 0.0187. The normalized spacial score (nSPS) is 16.7. The van der Waals surface area contributed by atoms with Crippen LogP contribution in [-0.4, -0.2) is 5.78 Å². The van der Waals surface area contributed by atoms with E-state index in [1.807, 2.05) is 0 Å². The molecule has 0 fully saturated rings. The third kappa shape index (κ3) is 8.88. The fraction of sp³-hybridized carbons (Fsp3) is 0.352. The minimum atomic E-state index is -0.339. The molecule has 1 nitrogen and oxygen atoms in total. The van der Waals surface area contributed by atoms with Crippen LogP contribution in [-0.2, 0) is 21.7 Å². The number of ketones is 1. The number of Topliss-reactive ketones (excluding diaryl/α,β-unsaturated/α-hetero) is 1. The lowest BCUT2D eigenvalue weighted by molar-refractivity contribution is 0.0928. The van der Waals surface area contributed by atoms with E-state index in [9.17, 15) is 0 Å². The Labute approximate surface area is 332 Å². The van der Waals surface area contributed by atoms with Gasteiger partial charge in [0.15, 0.2) is 5.78 Å². The van der Waals surface area contributed by atoms with Gasteiger partial charge in [-0.25, -0.2) is 0 Å². The van der Waals surface area contributed by atoms with Crippen LogP contribution >= 0.6 is 0 Å². The van der Waals surface area contributed by atoms with E-state index in [2.05, 4.69) is 217 Å². The Morgan fingerprint density at radius 1 is 0.418 bits per heavy atom. The van der Waals surface area contributed by atoms with Crippen molar-refractivity contribution in [2.24, 2.45) is 11.8 Å². The fourth-order valence-electron chi connectivity index (χ4n) is 7.65. The monoisotopic (exact) mass is 726 g/mol. The van der Waals surface area contributed by atoms with Gasteiger partial charge in [-0.1, -0.05) is 199 Å². The molecule has 1 aliphatic rings. The number of hydrogen-bond donors (Lipinski definition) is 0. The minimum Gasteiger partial charge on any atom is -0.293 e. The molecule has 0 bridgehead atoms. The third-order valence-electron chi connectivity index (χ3n) is 11.6. The first-order valence-corrected chi connectivity index (χ1v) is 20.2. The molecule has 0 amide bonds. The molecule has 1 aliphatic carbocycles. The summed E-state index contributed by atoms with van der Waals surface area (Å²) in [6.45, 7) is 29.2. The summed E-state index contributed by atoms with van der Waals surface area (Å²) in [5.74, 6) is -0.210. The van der Waals surface area contributed by atoms with E-state index in [0.29, 0.717) is 0 Å². The summed E-state index contributed by atoms with van der Waals surface area (Å²) in [5.41, 5.74) is 15.1. The molecule has 5 aromatic rings. The molecule has 2 unspecified atom stereocenters. The molecule has 6 rings (SSSR count). The number of carbonyl (C=O) groups is 1. The highest BCUT2D eigenvalue weighted by Crippen LogP contribution is 2.42. The van der Waals surface area contributed by atoms with Crippen molar-refractivity contribution in [2.75, 3.05) is 0 Å². The van der Waals surface area contributed by atoms with E-state index in [-0.39, 0.29) is 39.3 Å². The molecule has 55 heavy (non-hydrogen) atoms. The van der Waals surface area contributed by atoms with Crippen LogP contribution in [0.4, 0.5) is 0 Å². The molecule has 0 spiro atoms. The van der Waals surface area contributed by atoms with Crippen molar-refractivity contribution in [1.82, 2.24) is 0 Å². The van der Waals surface area contributed by atoms with Crippen LogP contribution in [0.5, 0.6) is 0 Å². The molecular formula is C54H62O. The Morgan fingerprint density at radius 3 is 1.09 bits per heavy atom. The summed E-state index contributed by atoms with van der Waals surface area (Å²) in [7, 11) is 0. The molecule has 0 aromatic heterocycles. The van der Waals surface area contributed by atoms with E-state index in [0.717, 1.165) is 39.0 Å². The molecule has 0 saturated carbocycles. The summed E-state index contributed by atoms with van der Waals surface area (Å²) in [4.78, 5) is 15.2. The average Bonchev–Trinajstić information content (AvgIpc) is 3.13. The average molecular weight is 727 g/mol. The maximum absolute atomic E-state index is 15.2. The first-order valence-electron chi connectivity index (χ1n) is 20.2. The van der Waals surface area contributed by atoms with E-state index >= 15 is 4.79 Å². The first kappa shape index (κ1) is 39.9. The van der Waals surface area contributed by atoms with Gasteiger partial charge in [0.2, 0.25) is 0 Å². The quantitative estimate of drug-likeness (QED) is 0.159. The van der Waals surface area contributed by atoms with E-state index in [1.165, 1.54) is 33.4 Å². The third-order valence-corrected chi connectivity index (χ3v) is 11.6. The second-order valence-corrected chi connectivity index (χ2v) is 20.0. The van der Waals surface area contributed by atoms with Gasteiger partial charge in [0.25, 0.3) is 0 Å². The van der Waals surface area contributed by atoms with Gasteiger partial charge >= 0.3 is 0 Å². The summed E-state index contributed by atoms with van der Waals surface area (Å²) >= 11 is 0. The van der Waals surface area contributed by atoms with Crippen molar-refractivity contribution in [3.05, 3.63) is 166 Å². The van der Waals surface area contributed by atoms with Crippen molar-refractivity contribution >= 4 is 16.9 Å². The van der Waals surface area contributed by atoms with Gasteiger partial charge in [-0.15, -0.1) is 0 Å². The molecule has 5 aromatic carbocycles. The van der Waals surface area contributed by atoms with Crippen molar-refractivity contribution in [3.63, 3.8) is 0 Å². The van der Waals surface area contributed by atoms with Crippen LogP contribution in [0.25, 0.3) is 33.4 Å². The molecule has 0 N–H and O–H groups in total. The molecule has 0 radical (unpaired) electrons. The van der Waals surface area contributed by atoms with E-state index < -0.39 is 0 Å². The highest BCUT2D eigenvalue weighted by Gasteiger charge is 2.32. The number of rotatable bonds is 6. The molecule has 1 heteroatoms. The highest BCUT2D eigenvalue weighted by molar-refractivity contribution is 6.05. The predicted molar refractivity (Wildman–Crippen MR) is 238 cm³/mol. The molecule has 0 heterocycles. The lowest BCUT2D eigenvalue weighted by Crippen LogP contribution is -2.24. The zero-order chi connectivity index (χ0) is 40.1. The Balaban J connectivity index is 1.48. The Kier molecular flexibility index (Phi) is 10.7. The largest absolute Gasteiger partial charge is 0.293 e. The standard InChI is InChI=1S/C54H62O/c1-35-48(39-20-28-47(29-21-39)54(11,12)13)33-42(38-18-26-46(27-19-38)53(8,9)10)34-49(35)50(55)43-31-40(36-14-22-44(23-15-36)51(2,3)4)30-41(32-43)37-16-24-45(25-17-37)52(5,6)7/h14-35,49H,1-13H3. The van der Waals surface area contributed by atoms with Crippen LogP contribution < -0.4 is 0 Å². The fourth-order valence-corrected chi connectivity index (χ4v) is 7.65. The van der Waals surface area contributed by atoms with Crippen LogP contribution in [0.2, 0.25) is 0 Å². The molecule has 2 atom stereocenters. The Morgan fingerprint density at radius 2 is 0.745 bits per heavy atom. The van der Waals surface area contributed by atoms with Gasteiger partial charge in [-0.05, 0) is 113 Å². The van der Waals surface area contributed by atoms with Crippen molar-refractivity contribution in [3.8, 4) is 22.3 Å². The summed E-state index contributed by atoms with van der Waals surface area (Å²) in [6, 6.07) is 42.2. The maximum Gasteiger partial charge on any atom is 0.170 e. The van der Waals surface area contributed by atoms with Gasteiger partial charge in [-0.2, -0.15) is 0 Å². The van der Waals surface area contributed by atoms with Crippen molar-refractivity contribution in [2.45, 2.75) is 112 Å². The SMILES string of the molecule is CC1C(c2ccc(C(C)(C)C)cc2)=CC(c2ccc(C(C)(C)C)cc2)=CC1C(=O)c1cc(-c2ccc(C(C)(C)C)cc2)cc(-c2ccc(C(C)(C)C)cc2)c1. The van der Waals surface area contributed by atoms with Crippen LogP contribution in [0.15, 0.2) is 127 Å². The highest BCUT2D eigenvalue weighted by atomic mass is 16.1. The Hall–Kier alpha value is -4.75. The van der Waals surface area contributed by atoms with Crippen molar-refractivity contribution < 1.29 is 4.79 Å². The summed E-state index contributed by atoms with van der Waals surface area (Å²) in [5, 5.41) is 0. The number of hydrogen-bond acceptors (Lipinski definition) is 1. The summed E-state index contributed by atoms with van der Waals surface area (Å²) < 4.78 is 0. The second kappa shape index (κ2) is 14.7. The van der Waals surface area contributed by atoms with Gasteiger partial charge in [0.05, 0.1) is 0 Å². The topological polar surface area (TPSA) is 17.1 Å². The first-order chi connectivity index (χ1) is 25.6. The van der Waals surface area contributed by atoms with Crippen LogP contribution in [0, 0.1) is 11.8 Å². The zero-order valence-corrected chi connectivity index (χ0v) is 35.7. The number of carbonyl (C=O) groups excluding carboxylic acids is 1. The molecule has 0 aliphatic heterocycles. The molecule has 0 saturated heterocycles. The van der Waals surface area contributed by atoms with Gasteiger partial charge in [-0.3, -0.25) is 4.79 Å². The molecular weight excluding hydrogens is 665 g/mol. The van der Waals surface area contributed by atoms with Crippen LogP contribution in [0.1, 0.15) is 134 Å². The number of benzene rings is 5. The smallest absolute Gasteiger partial charge is 0.170 e. The lowest BCUT2D eigenvalue weighted by atomic mass is 9.73. The van der Waals surface area contributed by atoms with Gasteiger partial charge in [0, 0.05) is 11.5 Å². The Bertz CT molecular complexity index is 2130. The zero-order valence-electron chi connectivity index (χ0n) is 35.7. The lowest BCUT2D eigenvalue weighted by Gasteiger charge is -2.30. The second-order valence-electron chi connectivity index (χ2n) is 20.0. The number of allylic oxidation sites excluding steroid dienone is 4. The van der Waals surface area contributed by atoms with Crippen molar-refractivity contribution in [1.29, 1.82) is 0 Å². The maximum atomic E-state index is 15.2. The van der Waals surface area contributed by atoms with Crippen LogP contribution in [0.3, 0.4) is 0 Å². The summed E-state index contributed by atoms with van der Waals surface area (Å²) in [6.07, 6.45) is 4.55. The molecule has 284 valence electrons.